The predicted octanol–water partition coefficient (Wildman–Crippen LogP) is 3.46. The summed E-state index contributed by atoms with van der Waals surface area (Å²) >= 11 is 3.27. The first-order chi connectivity index (χ1) is 12.3. The maximum atomic E-state index is 12.9. The van der Waals surface area contributed by atoms with Crippen molar-refractivity contribution in [3.8, 4) is 5.75 Å². The van der Waals surface area contributed by atoms with Crippen molar-refractivity contribution in [2.45, 2.75) is 25.7 Å². The van der Waals surface area contributed by atoms with Crippen LogP contribution in [0.1, 0.15) is 31.3 Å². The highest BCUT2D eigenvalue weighted by Crippen LogP contribution is 2.30. The molecule has 2 N–H and O–H groups in total. The zero-order chi connectivity index (χ0) is 19.3. The molecule has 1 aromatic carbocycles. The molecule has 0 fully saturated rings. The van der Waals surface area contributed by atoms with E-state index in [1.165, 1.54) is 10.4 Å². The van der Waals surface area contributed by atoms with E-state index in [4.69, 9.17) is 4.74 Å². The van der Waals surface area contributed by atoms with E-state index in [0.29, 0.717) is 31.1 Å². The van der Waals surface area contributed by atoms with E-state index < -0.39 is 10.0 Å². The quantitative estimate of drug-likeness (QED) is 0.653. The van der Waals surface area contributed by atoms with Crippen molar-refractivity contribution in [3.63, 3.8) is 0 Å². The Balaban J connectivity index is 2.40. The first kappa shape index (κ1) is 20.5. The van der Waals surface area contributed by atoms with Gasteiger partial charge in [0.25, 0.3) is 5.91 Å². The van der Waals surface area contributed by atoms with Crippen LogP contribution < -0.4 is 10.1 Å². The minimum absolute atomic E-state index is 0.0357. The summed E-state index contributed by atoms with van der Waals surface area (Å²) in [6.07, 6.45) is 1.64. The zero-order valence-electron chi connectivity index (χ0n) is 14.9. The van der Waals surface area contributed by atoms with Gasteiger partial charge in [-0.25, -0.2) is 8.42 Å². The van der Waals surface area contributed by atoms with Gasteiger partial charge in [0.2, 0.25) is 10.0 Å². The molecule has 2 rings (SSSR count). The second kappa shape index (κ2) is 8.70. The van der Waals surface area contributed by atoms with Crippen molar-refractivity contribution < 1.29 is 17.9 Å². The lowest BCUT2D eigenvalue weighted by atomic mass is 10.3. The number of aromatic nitrogens is 1. The molecule has 0 aliphatic heterocycles. The fourth-order valence-electron chi connectivity index (χ4n) is 2.46. The molecule has 0 spiro atoms. The molecular weight excluding hydrogens is 422 g/mol. The Labute approximate surface area is 161 Å². The molecule has 7 nitrogen and oxygen atoms in total. The fraction of sp³-hybridized carbons (Fsp3) is 0.353. The Kier molecular flexibility index (Phi) is 6.85. The minimum atomic E-state index is -3.73. The third kappa shape index (κ3) is 4.46. The fourth-order valence-corrected chi connectivity index (χ4v) is 4.42. The summed E-state index contributed by atoms with van der Waals surface area (Å²) in [6, 6.07) is 6.23. The molecule has 0 atom stereocenters. The number of aromatic amines is 1. The van der Waals surface area contributed by atoms with E-state index in [-0.39, 0.29) is 16.6 Å². The van der Waals surface area contributed by atoms with Crippen LogP contribution in [0.3, 0.4) is 0 Å². The number of H-pyrrole nitrogens is 1. The first-order valence-corrected chi connectivity index (χ1v) is 10.5. The van der Waals surface area contributed by atoms with Crippen LogP contribution in [0.25, 0.3) is 0 Å². The Bertz CT molecular complexity index is 876. The molecule has 142 valence electrons. The molecule has 0 radical (unpaired) electrons. The lowest BCUT2D eigenvalue weighted by molar-refractivity contribution is 0.102. The van der Waals surface area contributed by atoms with Crippen LogP contribution >= 0.6 is 15.9 Å². The molecule has 0 unspecified atom stereocenters. The molecule has 9 heteroatoms. The Morgan fingerprint density at radius 1 is 1.23 bits per heavy atom. The second-order valence-corrected chi connectivity index (χ2v) is 8.19. The van der Waals surface area contributed by atoms with Crippen LogP contribution in [-0.4, -0.2) is 43.3 Å². The summed E-state index contributed by atoms with van der Waals surface area (Å²) in [5.74, 6) is -0.105. The lowest BCUT2D eigenvalue weighted by Gasteiger charge is -2.21. The van der Waals surface area contributed by atoms with Gasteiger partial charge in [-0.15, -0.1) is 0 Å². The van der Waals surface area contributed by atoms with Gasteiger partial charge in [-0.1, -0.05) is 13.8 Å². The molecule has 0 bridgehead atoms. The van der Waals surface area contributed by atoms with Gasteiger partial charge >= 0.3 is 0 Å². The molecular formula is C17H22BrN3O4S. The van der Waals surface area contributed by atoms with Gasteiger partial charge in [0, 0.05) is 29.4 Å². The summed E-state index contributed by atoms with van der Waals surface area (Å²) in [7, 11) is -3.73. The summed E-state index contributed by atoms with van der Waals surface area (Å²) in [5.41, 5.74) is 0.730. The average molecular weight is 444 g/mol. The number of hydrogen-bond donors (Lipinski definition) is 2. The smallest absolute Gasteiger partial charge is 0.272 e. The van der Waals surface area contributed by atoms with Crippen LogP contribution in [0.5, 0.6) is 5.75 Å². The zero-order valence-corrected chi connectivity index (χ0v) is 17.3. The van der Waals surface area contributed by atoms with Crippen molar-refractivity contribution >= 4 is 37.5 Å². The number of sulfonamides is 1. The monoisotopic (exact) mass is 443 g/mol. The summed E-state index contributed by atoms with van der Waals surface area (Å²) in [5, 5.41) is 2.70. The third-order valence-electron chi connectivity index (χ3n) is 3.72. The highest BCUT2D eigenvalue weighted by molar-refractivity contribution is 9.10. The molecule has 1 aromatic heterocycles. The number of amides is 1. The minimum Gasteiger partial charge on any atom is -0.492 e. The molecule has 0 saturated heterocycles. The standard InChI is InChI=1S/C17H22BrN3O4S/c1-4-21(5-2)26(23,24)16-10-13(7-8-15(16)25-6-3)20-17(22)14-9-12(18)11-19-14/h7-11,19H,4-6H2,1-3H3,(H,20,22). The number of carbonyl (C=O) groups excluding carboxylic acids is 1. The number of carbonyl (C=O) groups is 1. The highest BCUT2D eigenvalue weighted by Gasteiger charge is 2.26. The van der Waals surface area contributed by atoms with Gasteiger partial charge in [0.1, 0.15) is 16.3 Å². The van der Waals surface area contributed by atoms with E-state index in [1.807, 2.05) is 0 Å². The number of anilines is 1. The van der Waals surface area contributed by atoms with Crippen molar-refractivity contribution in [1.29, 1.82) is 0 Å². The molecule has 0 aliphatic carbocycles. The SMILES string of the molecule is CCOc1ccc(NC(=O)c2cc(Br)c[nH]2)cc1S(=O)(=O)N(CC)CC. The highest BCUT2D eigenvalue weighted by atomic mass is 79.9. The van der Waals surface area contributed by atoms with Crippen molar-refractivity contribution in [3.05, 3.63) is 40.6 Å². The van der Waals surface area contributed by atoms with Gasteiger partial charge in [0.15, 0.2) is 0 Å². The number of nitrogens with zero attached hydrogens (tertiary/aromatic N) is 1. The van der Waals surface area contributed by atoms with E-state index in [2.05, 4.69) is 26.2 Å². The number of rotatable bonds is 8. The average Bonchev–Trinajstić information content (AvgIpc) is 3.04. The van der Waals surface area contributed by atoms with Gasteiger partial charge < -0.3 is 15.0 Å². The molecule has 1 amide bonds. The van der Waals surface area contributed by atoms with Gasteiger partial charge in [0.05, 0.1) is 6.61 Å². The molecule has 2 aromatic rings. The van der Waals surface area contributed by atoms with E-state index >= 15 is 0 Å². The van der Waals surface area contributed by atoms with Crippen LogP contribution in [0.15, 0.2) is 39.8 Å². The lowest BCUT2D eigenvalue weighted by Crippen LogP contribution is -2.31. The number of ether oxygens (including phenoxy) is 1. The predicted molar refractivity (Wildman–Crippen MR) is 104 cm³/mol. The third-order valence-corrected chi connectivity index (χ3v) is 6.25. The molecule has 1 heterocycles. The number of hydrogen-bond acceptors (Lipinski definition) is 4. The van der Waals surface area contributed by atoms with E-state index in [9.17, 15) is 13.2 Å². The number of halogens is 1. The second-order valence-electron chi connectivity index (χ2n) is 5.37. The molecule has 0 aliphatic rings. The van der Waals surface area contributed by atoms with Gasteiger partial charge in [-0.3, -0.25) is 4.79 Å². The van der Waals surface area contributed by atoms with Crippen molar-refractivity contribution in [2.24, 2.45) is 0 Å². The first-order valence-electron chi connectivity index (χ1n) is 8.25. The largest absolute Gasteiger partial charge is 0.492 e. The van der Waals surface area contributed by atoms with Crippen LogP contribution in [-0.2, 0) is 10.0 Å². The molecule has 0 saturated carbocycles. The maximum Gasteiger partial charge on any atom is 0.272 e. The van der Waals surface area contributed by atoms with Gasteiger partial charge in [-0.2, -0.15) is 4.31 Å². The topological polar surface area (TPSA) is 91.5 Å². The Morgan fingerprint density at radius 2 is 1.92 bits per heavy atom. The normalized spacial score (nSPS) is 11.6. The summed E-state index contributed by atoms with van der Waals surface area (Å²) in [6.45, 7) is 6.36. The van der Waals surface area contributed by atoms with Crippen LogP contribution in [0.4, 0.5) is 5.69 Å². The molecule has 26 heavy (non-hydrogen) atoms. The van der Waals surface area contributed by atoms with Crippen molar-refractivity contribution in [1.82, 2.24) is 9.29 Å². The van der Waals surface area contributed by atoms with E-state index in [1.54, 1.807) is 45.2 Å². The number of benzene rings is 1. The van der Waals surface area contributed by atoms with Crippen LogP contribution in [0.2, 0.25) is 0 Å². The summed E-state index contributed by atoms with van der Waals surface area (Å²) in [4.78, 5) is 15.2. The van der Waals surface area contributed by atoms with Gasteiger partial charge in [-0.05, 0) is 47.1 Å². The maximum absolute atomic E-state index is 12.9. The van der Waals surface area contributed by atoms with Crippen LogP contribution in [0, 0.1) is 0 Å². The van der Waals surface area contributed by atoms with Crippen molar-refractivity contribution in [2.75, 3.05) is 25.0 Å². The Hall–Kier alpha value is -1.84. The summed E-state index contributed by atoms with van der Waals surface area (Å²) < 4.78 is 33.4. The Morgan fingerprint density at radius 3 is 2.46 bits per heavy atom. The van der Waals surface area contributed by atoms with E-state index in [0.717, 1.165) is 4.47 Å². The number of nitrogens with one attached hydrogen (secondary N) is 2.